The van der Waals surface area contributed by atoms with Crippen LogP contribution in [0.2, 0.25) is 0 Å². The number of amides is 2. The summed E-state index contributed by atoms with van der Waals surface area (Å²) in [5.41, 5.74) is -0.273. The number of alkyl halides is 3. The summed E-state index contributed by atoms with van der Waals surface area (Å²) in [6, 6.07) is 8.39. The van der Waals surface area contributed by atoms with E-state index >= 15 is 0 Å². The van der Waals surface area contributed by atoms with E-state index < -0.39 is 48.6 Å². The van der Waals surface area contributed by atoms with Crippen LogP contribution in [-0.2, 0) is 14.3 Å². The summed E-state index contributed by atoms with van der Waals surface area (Å²) < 4.78 is 50.9. The van der Waals surface area contributed by atoms with Crippen LogP contribution in [0.25, 0.3) is 11.2 Å². The van der Waals surface area contributed by atoms with Crippen molar-refractivity contribution in [2.45, 2.75) is 43.6 Å². The summed E-state index contributed by atoms with van der Waals surface area (Å²) in [5, 5.41) is 15.1. The quantitative estimate of drug-likeness (QED) is 0.422. The van der Waals surface area contributed by atoms with Gasteiger partial charge in [0.25, 0.3) is 5.91 Å². The van der Waals surface area contributed by atoms with Crippen molar-refractivity contribution in [3.05, 3.63) is 48.0 Å². The van der Waals surface area contributed by atoms with Gasteiger partial charge in [0.1, 0.15) is 24.1 Å². The Balaban J connectivity index is 1.53. The van der Waals surface area contributed by atoms with Gasteiger partial charge in [-0.15, -0.1) is 0 Å². The number of ether oxygens (including phenoxy) is 2. The average molecular weight is 530 g/mol. The zero-order valence-corrected chi connectivity index (χ0v) is 19.8. The van der Waals surface area contributed by atoms with Crippen LogP contribution >= 0.6 is 0 Å². The Bertz CT molecular complexity index is 1450. The normalized spacial score (nSPS) is 24.2. The van der Waals surface area contributed by atoms with Crippen LogP contribution in [0.1, 0.15) is 35.8 Å². The first-order valence-electron chi connectivity index (χ1n) is 11.6. The molecule has 2 bridgehead atoms. The maximum atomic E-state index is 12.7. The van der Waals surface area contributed by atoms with E-state index in [1.807, 2.05) is 6.92 Å². The largest absolute Gasteiger partial charge is 0.471 e. The number of aliphatic hydroxyl groups is 1. The summed E-state index contributed by atoms with van der Waals surface area (Å²) in [5.74, 6) is 2.53. The second kappa shape index (κ2) is 9.67. The number of benzene rings is 1. The number of aromatic nitrogens is 4. The van der Waals surface area contributed by atoms with Gasteiger partial charge in [0.05, 0.1) is 13.2 Å². The van der Waals surface area contributed by atoms with E-state index in [9.17, 15) is 27.9 Å². The number of carbonyl (C=O) groups is 2. The first-order valence-corrected chi connectivity index (χ1v) is 11.6. The van der Waals surface area contributed by atoms with Gasteiger partial charge in [-0.2, -0.15) is 13.2 Å². The summed E-state index contributed by atoms with van der Waals surface area (Å²) >= 11 is 0. The monoisotopic (exact) mass is 530 g/mol. The third kappa shape index (κ3) is 4.44. The van der Waals surface area contributed by atoms with Crippen LogP contribution in [0.3, 0.4) is 0 Å². The highest BCUT2D eigenvalue weighted by molar-refractivity contribution is 6.06. The maximum absolute atomic E-state index is 12.7. The molecular weight excluding hydrogens is 509 g/mol. The minimum atomic E-state index is -5.05. The molecule has 0 saturated carbocycles. The number of halogens is 3. The topological polar surface area (TPSA) is 140 Å². The molecule has 2 saturated heterocycles. The molecule has 14 heteroatoms. The number of hydrogen-bond acceptors (Lipinski definition) is 8. The van der Waals surface area contributed by atoms with Crippen LogP contribution in [-0.4, -0.2) is 73.6 Å². The van der Waals surface area contributed by atoms with E-state index in [1.165, 1.54) is 10.9 Å². The Kier molecular flexibility index (Phi) is 6.51. The molecule has 11 nitrogen and oxygen atoms in total. The molecule has 38 heavy (non-hydrogen) atoms. The summed E-state index contributed by atoms with van der Waals surface area (Å²) in [6.07, 6.45) is -6.08. The molecule has 2 amide bonds. The van der Waals surface area contributed by atoms with Crippen LogP contribution in [0.4, 0.5) is 19.0 Å². The van der Waals surface area contributed by atoms with Crippen molar-refractivity contribution in [1.29, 1.82) is 0 Å². The Morgan fingerprint density at radius 3 is 2.71 bits per heavy atom. The average Bonchev–Trinajstić information content (AvgIpc) is 3.53. The smallest absolute Gasteiger partial charge is 0.387 e. The van der Waals surface area contributed by atoms with Crippen molar-refractivity contribution in [1.82, 2.24) is 24.8 Å². The number of anilines is 1. The summed E-state index contributed by atoms with van der Waals surface area (Å²) in [4.78, 5) is 36.7. The highest BCUT2D eigenvalue weighted by Gasteiger charge is 2.61. The first kappa shape index (κ1) is 25.6. The van der Waals surface area contributed by atoms with E-state index in [0.29, 0.717) is 12.0 Å². The number of nitrogens with zero attached hydrogens (tertiary/aromatic N) is 4. The standard InChI is InChI=1S/C24H21F3N6O5/c1-2-23-11-37-16(17(23)34)21(38-23)33-14(9-6-10-28-22(36)24(25,26)27)31-15-18(29-12-30-19(15)33)32-20(35)13-7-4-3-5-8-13/h3-5,7-8,12,16-17,21,34H,2,10-11H2,1H3,(H,28,36)(H,29,30,32,35)/t16?,17-,21-,23+/m1/s1. The number of fused-ring (bicyclic) bond motifs is 3. The number of rotatable bonds is 5. The fourth-order valence-corrected chi connectivity index (χ4v) is 4.40. The van der Waals surface area contributed by atoms with Crippen molar-refractivity contribution in [3.63, 3.8) is 0 Å². The zero-order valence-electron chi connectivity index (χ0n) is 19.8. The fraction of sp³-hybridized carbons (Fsp3) is 0.375. The van der Waals surface area contributed by atoms with Gasteiger partial charge in [-0.25, -0.2) is 15.0 Å². The van der Waals surface area contributed by atoms with Crippen LogP contribution < -0.4 is 10.6 Å². The minimum Gasteiger partial charge on any atom is -0.387 e. The molecule has 2 fully saturated rings. The predicted molar refractivity (Wildman–Crippen MR) is 125 cm³/mol. The summed E-state index contributed by atoms with van der Waals surface area (Å²) in [7, 11) is 0. The van der Waals surface area contributed by atoms with Gasteiger partial charge in [-0.3, -0.25) is 14.2 Å². The molecule has 3 N–H and O–H groups in total. The number of carbonyl (C=O) groups excluding carboxylic acids is 2. The molecule has 0 spiro atoms. The molecule has 2 aliphatic heterocycles. The number of imidazole rings is 1. The van der Waals surface area contributed by atoms with Crippen molar-refractivity contribution in [3.8, 4) is 11.8 Å². The third-order valence-electron chi connectivity index (χ3n) is 6.40. The lowest BCUT2D eigenvalue weighted by molar-refractivity contribution is -0.173. The van der Waals surface area contributed by atoms with Crippen LogP contribution in [0, 0.1) is 11.8 Å². The Morgan fingerprint density at radius 2 is 2.03 bits per heavy atom. The lowest BCUT2D eigenvalue weighted by atomic mass is 9.96. The van der Waals surface area contributed by atoms with Crippen molar-refractivity contribution in [2.75, 3.05) is 18.5 Å². The SMILES string of the molecule is CC[C@@]12COC([C@H](n3c(C#CCNC(=O)C(F)(F)F)nc4c(NC(=O)c5ccccc5)ncnc43)O1)[C@H]2O. The van der Waals surface area contributed by atoms with E-state index in [1.54, 1.807) is 35.6 Å². The molecule has 3 aromatic rings. The Morgan fingerprint density at radius 1 is 1.26 bits per heavy atom. The van der Waals surface area contributed by atoms with Gasteiger partial charge in [0, 0.05) is 5.56 Å². The van der Waals surface area contributed by atoms with Crippen LogP contribution in [0.5, 0.6) is 0 Å². The molecule has 1 aromatic carbocycles. The molecule has 0 radical (unpaired) electrons. The Hall–Kier alpha value is -4.06. The van der Waals surface area contributed by atoms with Gasteiger partial charge in [0.15, 0.2) is 29.0 Å². The van der Waals surface area contributed by atoms with E-state index in [4.69, 9.17) is 9.47 Å². The molecule has 0 aliphatic carbocycles. The summed E-state index contributed by atoms with van der Waals surface area (Å²) in [6.45, 7) is 1.40. The van der Waals surface area contributed by atoms with Gasteiger partial charge >= 0.3 is 12.1 Å². The molecule has 2 aromatic heterocycles. The molecule has 2 aliphatic rings. The Labute approximate surface area is 213 Å². The highest BCUT2D eigenvalue weighted by atomic mass is 19.4. The van der Waals surface area contributed by atoms with Crippen molar-refractivity contribution in [2.24, 2.45) is 0 Å². The number of nitrogens with one attached hydrogen (secondary N) is 2. The van der Waals surface area contributed by atoms with E-state index in [-0.39, 0.29) is 29.4 Å². The van der Waals surface area contributed by atoms with E-state index in [0.717, 1.165) is 0 Å². The molecule has 4 atom stereocenters. The minimum absolute atomic E-state index is 0.00318. The fourth-order valence-electron chi connectivity index (χ4n) is 4.40. The number of aliphatic hydroxyl groups excluding tert-OH is 1. The second-order valence-corrected chi connectivity index (χ2v) is 8.65. The zero-order chi connectivity index (χ0) is 27.1. The number of hydrogen-bond donors (Lipinski definition) is 3. The molecule has 1 unspecified atom stereocenters. The van der Waals surface area contributed by atoms with Gasteiger partial charge in [0.2, 0.25) is 0 Å². The second-order valence-electron chi connectivity index (χ2n) is 8.65. The third-order valence-corrected chi connectivity index (χ3v) is 6.40. The molecule has 4 heterocycles. The lowest BCUT2D eigenvalue weighted by Gasteiger charge is -2.30. The van der Waals surface area contributed by atoms with Crippen molar-refractivity contribution >= 4 is 28.8 Å². The predicted octanol–water partition coefficient (Wildman–Crippen LogP) is 1.55. The maximum Gasteiger partial charge on any atom is 0.471 e. The molecule has 198 valence electrons. The van der Waals surface area contributed by atoms with E-state index in [2.05, 4.69) is 32.1 Å². The van der Waals surface area contributed by atoms with Crippen molar-refractivity contribution < 1.29 is 37.3 Å². The van der Waals surface area contributed by atoms with Gasteiger partial charge < -0.3 is 25.2 Å². The van der Waals surface area contributed by atoms with Crippen LogP contribution in [0.15, 0.2) is 36.7 Å². The lowest BCUT2D eigenvalue weighted by Crippen LogP contribution is -2.39. The van der Waals surface area contributed by atoms with Gasteiger partial charge in [-0.05, 0) is 24.5 Å². The highest BCUT2D eigenvalue weighted by Crippen LogP contribution is 2.47. The first-order chi connectivity index (χ1) is 18.1. The molecular formula is C24H21F3N6O5. The van der Waals surface area contributed by atoms with Gasteiger partial charge in [-0.1, -0.05) is 31.0 Å². The molecule has 5 rings (SSSR count).